The molecule has 1 N–H and O–H groups in total. The molecule has 0 atom stereocenters. The van der Waals surface area contributed by atoms with Crippen molar-refractivity contribution in [2.45, 2.75) is 13.3 Å². The van der Waals surface area contributed by atoms with Gasteiger partial charge in [-0.3, -0.25) is 0 Å². The fourth-order valence-corrected chi connectivity index (χ4v) is 3.36. The van der Waals surface area contributed by atoms with Gasteiger partial charge < -0.3 is 10.2 Å². The van der Waals surface area contributed by atoms with Crippen molar-refractivity contribution in [1.82, 2.24) is 4.98 Å². The molecule has 100 valence electrons. The molecule has 0 aliphatic carbocycles. The van der Waals surface area contributed by atoms with Crippen molar-refractivity contribution in [3.05, 3.63) is 18.3 Å². The fourth-order valence-electron chi connectivity index (χ4n) is 2.09. The topological polar surface area (TPSA) is 62.3 Å². The van der Waals surface area contributed by atoms with E-state index in [9.17, 15) is 8.42 Å². The molecule has 0 radical (unpaired) electrons. The van der Waals surface area contributed by atoms with Crippen molar-refractivity contribution in [3.63, 3.8) is 0 Å². The Balaban J connectivity index is 2.13. The highest BCUT2D eigenvalue weighted by Crippen LogP contribution is 2.19. The normalized spacial score (nSPS) is 19.3. The molecule has 1 aliphatic rings. The van der Waals surface area contributed by atoms with Crippen LogP contribution in [-0.2, 0) is 9.84 Å². The van der Waals surface area contributed by atoms with Gasteiger partial charge in [-0.2, -0.15) is 0 Å². The molecular formula is C12H19N3O2S. The van der Waals surface area contributed by atoms with Crippen LogP contribution in [0, 0.1) is 0 Å². The van der Waals surface area contributed by atoms with Crippen LogP contribution in [0.2, 0.25) is 0 Å². The van der Waals surface area contributed by atoms with Gasteiger partial charge >= 0.3 is 0 Å². The molecule has 6 heteroatoms. The molecule has 0 bridgehead atoms. The summed E-state index contributed by atoms with van der Waals surface area (Å²) in [6.45, 7) is 4.20. The number of aromatic nitrogens is 1. The Labute approximate surface area is 108 Å². The lowest BCUT2D eigenvalue weighted by Gasteiger charge is -2.22. The second-order valence-electron chi connectivity index (χ2n) is 4.42. The van der Waals surface area contributed by atoms with E-state index in [0.717, 1.165) is 24.6 Å². The minimum atomic E-state index is -2.85. The first-order valence-corrected chi connectivity index (χ1v) is 8.08. The largest absolute Gasteiger partial charge is 0.370 e. The molecule has 1 fully saturated rings. The highest BCUT2D eigenvalue weighted by Gasteiger charge is 2.19. The fraction of sp³-hybridized carbons (Fsp3) is 0.583. The predicted molar refractivity (Wildman–Crippen MR) is 73.9 cm³/mol. The number of nitrogens with one attached hydrogen (secondary N) is 1. The summed E-state index contributed by atoms with van der Waals surface area (Å²) in [5, 5.41) is 3.16. The summed E-state index contributed by atoms with van der Waals surface area (Å²) < 4.78 is 23.1. The highest BCUT2D eigenvalue weighted by atomic mass is 32.2. The van der Waals surface area contributed by atoms with E-state index in [2.05, 4.69) is 15.2 Å². The summed E-state index contributed by atoms with van der Waals surface area (Å²) in [6, 6.07) is 3.90. The standard InChI is InChI=1S/C12H19N3O2S/c1-2-13-12-10-11(4-5-14-12)15-6-3-8-18(16,17)9-7-15/h4-5,10H,2-3,6-9H2,1H3,(H,13,14). The quantitative estimate of drug-likeness (QED) is 0.891. The summed E-state index contributed by atoms with van der Waals surface area (Å²) in [5.74, 6) is 1.38. The summed E-state index contributed by atoms with van der Waals surface area (Å²) >= 11 is 0. The van der Waals surface area contributed by atoms with Crippen molar-refractivity contribution < 1.29 is 8.42 Å². The summed E-state index contributed by atoms with van der Waals surface area (Å²) in [7, 11) is -2.85. The molecule has 1 aromatic heterocycles. The van der Waals surface area contributed by atoms with E-state index in [0.29, 0.717) is 18.7 Å². The maximum absolute atomic E-state index is 11.6. The molecule has 0 spiro atoms. The van der Waals surface area contributed by atoms with E-state index in [1.807, 2.05) is 19.1 Å². The van der Waals surface area contributed by atoms with E-state index in [1.165, 1.54) is 0 Å². The summed E-state index contributed by atoms with van der Waals surface area (Å²) in [5.41, 5.74) is 1.04. The Morgan fingerprint density at radius 2 is 2.22 bits per heavy atom. The van der Waals surface area contributed by atoms with Gasteiger partial charge in [-0.25, -0.2) is 13.4 Å². The first kappa shape index (κ1) is 13.1. The van der Waals surface area contributed by atoms with Crippen molar-refractivity contribution in [2.24, 2.45) is 0 Å². The van der Waals surface area contributed by atoms with Gasteiger partial charge in [0.25, 0.3) is 0 Å². The minimum Gasteiger partial charge on any atom is -0.370 e. The molecule has 2 rings (SSSR count). The van der Waals surface area contributed by atoms with Crippen LogP contribution in [0.4, 0.5) is 11.5 Å². The zero-order chi connectivity index (χ0) is 13.0. The van der Waals surface area contributed by atoms with Gasteiger partial charge in [0.05, 0.1) is 11.5 Å². The Bertz CT molecular complexity index is 502. The molecule has 0 aromatic carbocycles. The number of sulfone groups is 1. The number of nitrogens with zero attached hydrogens (tertiary/aromatic N) is 2. The maximum atomic E-state index is 11.6. The average molecular weight is 269 g/mol. The lowest BCUT2D eigenvalue weighted by molar-refractivity contribution is 0.597. The Kier molecular flexibility index (Phi) is 4.06. The molecule has 1 saturated heterocycles. The van der Waals surface area contributed by atoms with Gasteiger partial charge in [0.1, 0.15) is 5.82 Å². The van der Waals surface area contributed by atoms with Gasteiger partial charge in [0, 0.05) is 37.6 Å². The Morgan fingerprint density at radius 3 is 3.00 bits per heavy atom. The third-order valence-corrected chi connectivity index (χ3v) is 4.74. The van der Waals surface area contributed by atoms with E-state index in [-0.39, 0.29) is 5.75 Å². The molecule has 0 saturated carbocycles. The molecule has 0 unspecified atom stereocenters. The monoisotopic (exact) mass is 269 g/mol. The lowest BCUT2D eigenvalue weighted by Crippen LogP contribution is -2.26. The van der Waals surface area contributed by atoms with Gasteiger partial charge in [0.2, 0.25) is 0 Å². The average Bonchev–Trinajstić information content (AvgIpc) is 2.51. The highest BCUT2D eigenvalue weighted by molar-refractivity contribution is 7.91. The van der Waals surface area contributed by atoms with E-state index in [1.54, 1.807) is 6.20 Å². The zero-order valence-corrected chi connectivity index (χ0v) is 11.4. The first-order valence-electron chi connectivity index (χ1n) is 6.26. The van der Waals surface area contributed by atoms with Crippen molar-refractivity contribution in [1.29, 1.82) is 0 Å². The predicted octanol–water partition coefficient (Wildman–Crippen LogP) is 1.14. The molecule has 5 nitrogen and oxygen atoms in total. The summed E-state index contributed by atoms with van der Waals surface area (Å²) in [6.07, 6.45) is 2.45. The van der Waals surface area contributed by atoms with Crippen LogP contribution in [-0.4, -0.2) is 44.5 Å². The third-order valence-electron chi connectivity index (χ3n) is 3.02. The molecule has 0 amide bonds. The van der Waals surface area contributed by atoms with E-state index < -0.39 is 9.84 Å². The second-order valence-corrected chi connectivity index (χ2v) is 6.73. The molecule has 18 heavy (non-hydrogen) atoms. The molecule has 1 aliphatic heterocycles. The van der Waals surface area contributed by atoms with Crippen LogP contribution in [0.25, 0.3) is 0 Å². The third kappa shape index (κ3) is 3.35. The van der Waals surface area contributed by atoms with Crippen LogP contribution >= 0.6 is 0 Å². The maximum Gasteiger partial charge on any atom is 0.152 e. The zero-order valence-electron chi connectivity index (χ0n) is 10.6. The van der Waals surface area contributed by atoms with Crippen LogP contribution in [0.3, 0.4) is 0 Å². The number of pyridine rings is 1. The van der Waals surface area contributed by atoms with Crippen LogP contribution < -0.4 is 10.2 Å². The van der Waals surface area contributed by atoms with Crippen molar-refractivity contribution in [2.75, 3.05) is 41.4 Å². The van der Waals surface area contributed by atoms with Gasteiger partial charge in [0.15, 0.2) is 9.84 Å². The minimum absolute atomic E-state index is 0.242. The molecular weight excluding hydrogens is 250 g/mol. The van der Waals surface area contributed by atoms with Gasteiger partial charge in [-0.05, 0) is 19.4 Å². The Hall–Kier alpha value is -1.30. The SMILES string of the molecule is CCNc1cc(N2CCCS(=O)(=O)CC2)ccn1. The van der Waals surface area contributed by atoms with Crippen molar-refractivity contribution >= 4 is 21.3 Å². The lowest BCUT2D eigenvalue weighted by atomic mass is 10.3. The number of hydrogen-bond donors (Lipinski definition) is 1. The first-order chi connectivity index (χ1) is 8.61. The molecule has 2 heterocycles. The van der Waals surface area contributed by atoms with Gasteiger partial charge in [-0.15, -0.1) is 0 Å². The second kappa shape index (κ2) is 5.56. The van der Waals surface area contributed by atoms with E-state index >= 15 is 0 Å². The number of anilines is 2. The van der Waals surface area contributed by atoms with Gasteiger partial charge in [-0.1, -0.05) is 0 Å². The van der Waals surface area contributed by atoms with Crippen LogP contribution in [0.15, 0.2) is 18.3 Å². The number of hydrogen-bond acceptors (Lipinski definition) is 5. The Morgan fingerprint density at radius 1 is 1.39 bits per heavy atom. The van der Waals surface area contributed by atoms with Crippen LogP contribution in [0.5, 0.6) is 0 Å². The summed E-state index contributed by atoms with van der Waals surface area (Å²) in [4.78, 5) is 6.34. The van der Waals surface area contributed by atoms with Crippen LogP contribution in [0.1, 0.15) is 13.3 Å². The van der Waals surface area contributed by atoms with E-state index in [4.69, 9.17) is 0 Å². The smallest absolute Gasteiger partial charge is 0.152 e. The molecule has 1 aromatic rings. The number of rotatable bonds is 3. The van der Waals surface area contributed by atoms with Crippen molar-refractivity contribution in [3.8, 4) is 0 Å².